The number of aromatic nitrogens is 3. The smallest absolute Gasteiger partial charge is 0.319 e. The summed E-state index contributed by atoms with van der Waals surface area (Å²) in [4.78, 5) is 12.2. The fourth-order valence-electron chi connectivity index (χ4n) is 3.01. The van der Waals surface area contributed by atoms with Crippen LogP contribution in [0.5, 0.6) is 0 Å². The molecule has 0 radical (unpaired) electrons. The summed E-state index contributed by atoms with van der Waals surface area (Å²) in [6.07, 6.45) is 0. The Morgan fingerprint density at radius 3 is 2.61 bits per heavy atom. The third-order valence-electron chi connectivity index (χ3n) is 4.62. The van der Waals surface area contributed by atoms with Gasteiger partial charge in [-0.05, 0) is 36.4 Å². The van der Waals surface area contributed by atoms with E-state index in [0.717, 1.165) is 6.07 Å². The normalized spacial score (nSPS) is 11.8. The number of benzene rings is 2. The standard InChI is InChI=1S/C19H22ClFN6O3S/c1-3-26(4-2)31(29,30)14-6-8-18-17(12-14)24-25-27(18)10-9-22-19(28)23-13-5-7-16(21)15(20)11-13/h5-8,11-12H,3-4,9-10H2,1-2H3,(H2,22,23,28). The second-order valence-corrected chi connectivity index (χ2v) is 8.91. The topological polar surface area (TPSA) is 109 Å². The Labute approximate surface area is 184 Å². The number of carbonyl (C=O) groups excluding carboxylic acids is 1. The van der Waals surface area contributed by atoms with E-state index >= 15 is 0 Å². The first kappa shape index (κ1) is 22.9. The Bertz CT molecular complexity index is 1200. The number of nitrogens with one attached hydrogen (secondary N) is 2. The summed E-state index contributed by atoms with van der Waals surface area (Å²) in [6.45, 7) is 4.87. The molecule has 0 saturated carbocycles. The fraction of sp³-hybridized carbons (Fsp3) is 0.316. The van der Waals surface area contributed by atoms with E-state index in [1.54, 1.807) is 24.6 Å². The molecule has 0 aliphatic heterocycles. The predicted molar refractivity (Wildman–Crippen MR) is 116 cm³/mol. The molecule has 0 saturated heterocycles. The van der Waals surface area contributed by atoms with Gasteiger partial charge in [-0.25, -0.2) is 22.3 Å². The molecule has 0 bridgehead atoms. The number of carbonyl (C=O) groups is 1. The molecule has 2 aromatic carbocycles. The zero-order chi connectivity index (χ0) is 22.6. The maximum absolute atomic E-state index is 13.2. The van der Waals surface area contributed by atoms with E-state index < -0.39 is 21.9 Å². The minimum absolute atomic E-state index is 0.0886. The molecule has 2 amide bonds. The average Bonchev–Trinajstić information content (AvgIpc) is 3.14. The van der Waals surface area contributed by atoms with Crippen molar-refractivity contribution in [2.24, 2.45) is 0 Å². The van der Waals surface area contributed by atoms with E-state index in [4.69, 9.17) is 11.6 Å². The lowest BCUT2D eigenvalue weighted by atomic mass is 10.3. The van der Waals surface area contributed by atoms with Crippen molar-refractivity contribution in [1.82, 2.24) is 24.6 Å². The number of urea groups is 1. The van der Waals surface area contributed by atoms with E-state index in [0.29, 0.717) is 36.4 Å². The molecule has 1 heterocycles. The third-order valence-corrected chi connectivity index (χ3v) is 6.95. The summed E-state index contributed by atoms with van der Waals surface area (Å²) in [5, 5.41) is 13.2. The van der Waals surface area contributed by atoms with Gasteiger partial charge in [0.2, 0.25) is 10.0 Å². The molecule has 9 nitrogen and oxygen atoms in total. The first-order valence-corrected chi connectivity index (χ1v) is 11.4. The molecule has 1 aromatic heterocycles. The predicted octanol–water partition coefficient (Wildman–Crippen LogP) is 3.08. The van der Waals surface area contributed by atoms with Gasteiger partial charge in [-0.2, -0.15) is 4.31 Å². The van der Waals surface area contributed by atoms with Gasteiger partial charge in [0.1, 0.15) is 11.3 Å². The Kier molecular flexibility index (Phi) is 7.08. The number of anilines is 1. The van der Waals surface area contributed by atoms with E-state index in [1.165, 1.54) is 28.6 Å². The lowest BCUT2D eigenvalue weighted by molar-refractivity contribution is 0.251. The molecular formula is C19H22ClFN6O3S. The first-order chi connectivity index (χ1) is 14.8. The van der Waals surface area contributed by atoms with Gasteiger partial charge in [-0.15, -0.1) is 5.10 Å². The van der Waals surface area contributed by atoms with Gasteiger partial charge in [0.25, 0.3) is 0 Å². The SMILES string of the molecule is CCN(CC)S(=O)(=O)c1ccc2c(c1)nnn2CCNC(=O)Nc1ccc(F)c(Cl)c1. The molecule has 0 fully saturated rings. The molecule has 0 aliphatic rings. The van der Waals surface area contributed by atoms with Crippen LogP contribution < -0.4 is 10.6 Å². The van der Waals surface area contributed by atoms with Gasteiger partial charge in [0, 0.05) is 25.3 Å². The van der Waals surface area contributed by atoms with Crippen LogP contribution in [0.4, 0.5) is 14.9 Å². The number of hydrogen-bond donors (Lipinski definition) is 2. The zero-order valence-corrected chi connectivity index (χ0v) is 18.5. The van der Waals surface area contributed by atoms with Gasteiger partial charge in [0.15, 0.2) is 0 Å². The molecule has 0 atom stereocenters. The largest absolute Gasteiger partial charge is 0.336 e. The van der Waals surface area contributed by atoms with Gasteiger partial charge >= 0.3 is 6.03 Å². The van der Waals surface area contributed by atoms with Crippen LogP contribution in [0.15, 0.2) is 41.3 Å². The van der Waals surface area contributed by atoms with Crippen molar-refractivity contribution in [3.8, 4) is 0 Å². The van der Waals surface area contributed by atoms with Gasteiger partial charge in [-0.1, -0.05) is 30.7 Å². The Morgan fingerprint density at radius 2 is 1.94 bits per heavy atom. The monoisotopic (exact) mass is 468 g/mol. The molecule has 2 N–H and O–H groups in total. The van der Waals surface area contributed by atoms with Crippen LogP contribution in [-0.2, 0) is 16.6 Å². The highest BCUT2D eigenvalue weighted by Crippen LogP contribution is 2.21. The van der Waals surface area contributed by atoms with Crippen LogP contribution in [0.1, 0.15) is 13.8 Å². The lowest BCUT2D eigenvalue weighted by Gasteiger charge is -2.18. The Hall–Kier alpha value is -2.76. The van der Waals surface area contributed by atoms with Crippen LogP contribution in [-0.4, -0.2) is 53.4 Å². The highest BCUT2D eigenvalue weighted by atomic mass is 35.5. The maximum atomic E-state index is 13.2. The minimum Gasteiger partial charge on any atom is -0.336 e. The summed E-state index contributed by atoms with van der Waals surface area (Å²) in [6, 6.07) is 8.04. The molecule has 166 valence electrons. The van der Waals surface area contributed by atoms with E-state index in [2.05, 4.69) is 20.9 Å². The number of amides is 2. The Balaban J connectivity index is 1.63. The fourth-order valence-corrected chi connectivity index (χ4v) is 4.67. The molecule has 31 heavy (non-hydrogen) atoms. The second kappa shape index (κ2) is 9.58. The van der Waals surface area contributed by atoms with Crippen molar-refractivity contribution >= 4 is 44.4 Å². The van der Waals surface area contributed by atoms with Crippen LogP contribution in [0.3, 0.4) is 0 Å². The molecule has 3 aromatic rings. The third kappa shape index (κ3) is 5.12. The molecular weight excluding hydrogens is 447 g/mol. The summed E-state index contributed by atoms with van der Waals surface area (Å²) in [7, 11) is -3.59. The number of halogens is 2. The molecule has 3 rings (SSSR count). The zero-order valence-electron chi connectivity index (χ0n) is 17.0. The number of nitrogens with zero attached hydrogens (tertiary/aromatic N) is 4. The number of sulfonamides is 1. The molecule has 12 heteroatoms. The molecule has 0 aliphatic carbocycles. The lowest BCUT2D eigenvalue weighted by Crippen LogP contribution is -2.31. The summed E-state index contributed by atoms with van der Waals surface area (Å²) < 4.78 is 41.5. The maximum Gasteiger partial charge on any atom is 0.319 e. The van der Waals surface area contributed by atoms with Crippen molar-refractivity contribution in [1.29, 1.82) is 0 Å². The quantitative estimate of drug-likeness (QED) is 0.528. The van der Waals surface area contributed by atoms with Gasteiger partial charge < -0.3 is 10.6 Å². The summed E-state index contributed by atoms with van der Waals surface area (Å²) in [5.74, 6) is -0.571. The number of fused-ring (bicyclic) bond motifs is 1. The molecule has 0 spiro atoms. The average molecular weight is 469 g/mol. The van der Waals surface area contributed by atoms with Crippen LogP contribution >= 0.6 is 11.6 Å². The molecule has 0 unspecified atom stereocenters. The minimum atomic E-state index is -3.59. The van der Waals surface area contributed by atoms with Crippen molar-refractivity contribution in [2.45, 2.75) is 25.3 Å². The van der Waals surface area contributed by atoms with Crippen molar-refractivity contribution in [3.63, 3.8) is 0 Å². The van der Waals surface area contributed by atoms with Crippen LogP contribution in [0.2, 0.25) is 5.02 Å². The highest BCUT2D eigenvalue weighted by Gasteiger charge is 2.22. The van der Waals surface area contributed by atoms with Gasteiger partial charge in [-0.3, -0.25) is 0 Å². The van der Waals surface area contributed by atoms with Gasteiger partial charge in [0.05, 0.1) is 22.0 Å². The second-order valence-electron chi connectivity index (χ2n) is 6.56. The van der Waals surface area contributed by atoms with E-state index in [-0.39, 0.29) is 16.5 Å². The Morgan fingerprint density at radius 1 is 1.19 bits per heavy atom. The number of hydrogen-bond acceptors (Lipinski definition) is 5. The number of rotatable bonds is 8. The van der Waals surface area contributed by atoms with Crippen LogP contribution in [0.25, 0.3) is 11.0 Å². The summed E-state index contributed by atoms with van der Waals surface area (Å²) in [5.41, 5.74) is 1.45. The highest BCUT2D eigenvalue weighted by molar-refractivity contribution is 7.89. The van der Waals surface area contributed by atoms with E-state index in [1.807, 2.05) is 0 Å². The van der Waals surface area contributed by atoms with Crippen molar-refractivity contribution in [2.75, 3.05) is 25.0 Å². The first-order valence-electron chi connectivity index (χ1n) is 9.59. The summed E-state index contributed by atoms with van der Waals surface area (Å²) >= 11 is 5.69. The van der Waals surface area contributed by atoms with Crippen molar-refractivity contribution in [3.05, 3.63) is 47.2 Å². The van der Waals surface area contributed by atoms with E-state index in [9.17, 15) is 17.6 Å². The van der Waals surface area contributed by atoms with Crippen molar-refractivity contribution < 1.29 is 17.6 Å². The van der Waals surface area contributed by atoms with Crippen LogP contribution in [0, 0.1) is 5.82 Å².